The van der Waals surface area contributed by atoms with Gasteiger partial charge in [0.05, 0.1) is 18.2 Å². The number of alkyl halides is 2. The lowest BCUT2D eigenvalue weighted by Crippen LogP contribution is -2.62. The highest BCUT2D eigenvalue weighted by molar-refractivity contribution is 5.78. The fraction of sp³-hybridized carbons (Fsp3) is 0.938. The van der Waals surface area contributed by atoms with Crippen LogP contribution in [0.15, 0.2) is 0 Å². The third kappa shape index (κ3) is 1.73. The van der Waals surface area contributed by atoms with Crippen molar-refractivity contribution < 1.29 is 18.7 Å². The first-order chi connectivity index (χ1) is 10.3. The summed E-state index contributed by atoms with van der Waals surface area (Å²) in [4.78, 5) is 15.9. The molecule has 3 atom stereocenters. The topological polar surface area (TPSA) is 43.8 Å². The lowest BCUT2D eigenvalue weighted by Gasteiger charge is -2.59. The third-order valence-corrected chi connectivity index (χ3v) is 6.83. The van der Waals surface area contributed by atoms with Crippen molar-refractivity contribution in [3.63, 3.8) is 0 Å². The van der Waals surface area contributed by atoms with Gasteiger partial charge in [-0.2, -0.15) is 0 Å². The number of nitrogens with zero attached hydrogens (tertiary/aromatic N) is 2. The predicted octanol–water partition coefficient (Wildman–Crippen LogP) is 2.07. The molecule has 0 aromatic carbocycles. The van der Waals surface area contributed by atoms with Crippen LogP contribution in [0.1, 0.15) is 38.5 Å². The zero-order valence-electron chi connectivity index (χ0n) is 12.5. The number of fused-ring (bicyclic) bond motifs is 1. The minimum Gasteiger partial charge on any atom is -0.390 e. The molecule has 6 rings (SSSR count). The highest BCUT2D eigenvalue weighted by Crippen LogP contribution is 2.57. The first-order valence-electron chi connectivity index (χ1n) is 8.51. The van der Waals surface area contributed by atoms with Crippen LogP contribution in [-0.2, 0) is 0 Å². The van der Waals surface area contributed by atoms with Gasteiger partial charge >= 0.3 is 6.03 Å². The molecule has 0 aromatic rings. The van der Waals surface area contributed by atoms with Crippen LogP contribution in [-0.4, -0.2) is 57.6 Å². The van der Waals surface area contributed by atoms with Crippen molar-refractivity contribution in [3.8, 4) is 0 Å². The van der Waals surface area contributed by atoms with E-state index >= 15 is 0 Å². The summed E-state index contributed by atoms with van der Waals surface area (Å²) in [6.07, 6.45) is 4.48. The van der Waals surface area contributed by atoms with Crippen LogP contribution in [0.25, 0.3) is 0 Å². The van der Waals surface area contributed by atoms with Gasteiger partial charge in [-0.3, -0.25) is 0 Å². The summed E-state index contributed by atoms with van der Waals surface area (Å²) < 4.78 is 27.0. The van der Waals surface area contributed by atoms with Gasteiger partial charge in [0.1, 0.15) is 0 Å². The van der Waals surface area contributed by atoms with Crippen LogP contribution in [0.3, 0.4) is 0 Å². The number of carbonyl (C=O) groups is 1. The molecule has 2 unspecified atom stereocenters. The van der Waals surface area contributed by atoms with Crippen molar-refractivity contribution in [2.45, 2.75) is 62.1 Å². The Morgan fingerprint density at radius 3 is 2.32 bits per heavy atom. The van der Waals surface area contributed by atoms with Crippen LogP contribution in [0, 0.1) is 17.8 Å². The Balaban J connectivity index is 1.40. The van der Waals surface area contributed by atoms with Gasteiger partial charge in [-0.15, -0.1) is 0 Å². The van der Waals surface area contributed by atoms with E-state index in [0.29, 0.717) is 24.3 Å². The van der Waals surface area contributed by atoms with Gasteiger partial charge in [-0.05, 0) is 49.9 Å². The van der Waals surface area contributed by atoms with E-state index in [1.807, 2.05) is 4.90 Å². The molecule has 122 valence electrons. The van der Waals surface area contributed by atoms with Crippen LogP contribution in [0.5, 0.6) is 0 Å². The standard InChI is InChI=1S/C16H22F2N2O2/c17-16(18)6-12-7-19(14(21)20(12)8-16)13-10-1-9-2-11(13)5-15(22,3-9)4-10/h9-13,22H,1-8H2/t9?,10?,11?,12-,13?,15?/m0/s1. The van der Waals surface area contributed by atoms with Gasteiger partial charge in [-0.1, -0.05) is 0 Å². The molecule has 4 aliphatic carbocycles. The Labute approximate surface area is 128 Å². The molecule has 2 heterocycles. The molecule has 0 radical (unpaired) electrons. The molecule has 0 aromatic heterocycles. The van der Waals surface area contributed by atoms with Gasteiger partial charge in [0.25, 0.3) is 5.92 Å². The Morgan fingerprint density at radius 1 is 1.05 bits per heavy atom. The maximum absolute atomic E-state index is 13.5. The fourth-order valence-electron chi connectivity index (χ4n) is 6.47. The van der Waals surface area contributed by atoms with E-state index in [4.69, 9.17) is 0 Å². The van der Waals surface area contributed by atoms with Crippen LogP contribution in [0.2, 0.25) is 0 Å². The molecule has 2 amide bonds. The molecule has 4 saturated carbocycles. The van der Waals surface area contributed by atoms with Gasteiger partial charge in [0, 0.05) is 19.0 Å². The van der Waals surface area contributed by atoms with Crippen molar-refractivity contribution in [1.29, 1.82) is 0 Å². The molecule has 1 N–H and O–H groups in total. The van der Waals surface area contributed by atoms with Crippen LogP contribution in [0.4, 0.5) is 13.6 Å². The molecule has 6 aliphatic rings. The highest BCUT2D eigenvalue weighted by atomic mass is 19.3. The Kier molecular flexibility index (Phi) is 2.42. The summed E-state index contributed by atoms with van der Waals surface area (Å²) in [6, 6.07) is -0.335. The zero-order valence-corrected chi connectivity index (χ0v) is 12.5. The lowest BCUT2D eigenvalue weighted by molar-refractivity contribution is -0.152. The number of rotatable bonds is 1. The summed E-state index contributed by atoms with van der Waals surface area (Å²) in [5.41, 5.74) is -0.515. The molecule has 6 heteroatoms. The number of hydrogen-bond donors (Lipinski definition) is 1. The first-order valence-corrected chi connectivity index (χ1v) is 8.51. The molecule has 22 heavy (non-hydrogen) atoms. The van der Waals surface area contributed by atoms with Gasteiger partial charge in [-0.25, -0.2) is 13.6 Å². The number of halogens is 2. The number of urea groups is 1. The van der Waals surface area contributed by atoms with Gasteiger partial charge in [0.15, 0.2) is 0 Å². The molecule has 0 spiro atoms. The minimum atomic E-state index is -2.72. The van der Waals surface area contributed by atoms with E-state index in [1.165, 1.54) is 4.90 Å². The normalized spacial score (nSPS) is 51.8. The smallest absolute Gasteiger partial charge is 0.320 e. The van der Waals surface area contributed by atoms with Gasteiger partial charge in [0.2, 0.25) is 0 Å². The first kappa shape index (κ1) is 13.5. The van der Waals surface area contributed by atoms with E-state index in [9.17, 15) is 18.7 Å². The average molecular weight is 312 g/mol. The van der Waals surface area contributed by atoms with E-state index in [-0.39, 0.29) is 24.5 Å². The second kappa shape index (κ2) is 3.94. The van der Waals surface area contributed by atoms with E-state index < -0.39 is 18.1 Å². The molecule has 4 bridgehead atoms. The van der Waals surface area contributed by atoms with E-state index in [2.05, 4.69) is 0 Å². The molecule has 4 nitrogen and oxygen atoms in total. The molecule has 2 aliphatic heterocycles. The lowest BCUT2D eigenvalue weighted by atomic mass is 9.52. The summed E-state index contributed by atoms with van der Waals surface area (Å²) in [5.74, 6) is -1.40. The Bertz CT molecular complexity index is 524. The van der Waals surface area contributed by atoms with Crippen molar-refractivity contribution in [2.24, 2.45) is 17.8 Å². The third-order valence-electron chi connectivity index (χ3n) is 6.83. The molecular weight excluding hydrogens is 290 g/mol. The van der Waals surface area contributed by atoms with E-state index in [1.54, 1.807) is 0 Å². The number of amides is 2. The largest absolute Gasteiger partial charge is 0.390 e. The SMILES string of the molecule is O=C1N(C2C3CC4CC2CC(O)(C4)C3)C[C@@H]2CC(F)(F)CN12. The summed E-state index contributed by atoms with van der Waals surface area (Å²) in [7, 11) is 0. The molecule has 6 fully saturated rings. The summed E-state index contributed by atoms with van der Waals surface area (Å²) in [6.45, 7) is 0.0385. The quantitative estimate of drug-likeness (QED) is 0.805. The molecule has 2 saturated heterocycles. The van der Waals surface area contributed by atoms with Crippen molar-refractivity contribution in [3.05, 3.63) is 0 Å². The molecular formula is C16H22F2N2O2. The number of hydrogen-bond acceptors (Lipinski definition) is 2. The highest BCUT2D eigenvalue weighted by Gasteiger charge is 2.60. The van der Waals surface area contributed by atoms with Crippen LogP contribution < -0.4 is 0 Å². The minimum absolute atomic E-state index is 0.170. The zero-order chi connectivity index (χ0) is 15.3. The second-order valence-corrected chi connectivity index (χ2v) is 8.46. The van der Waals surface area contributed by atoms with E-state index in [0.717, 1.165) is 32.1 Å². The van der Waals surface area contributed by atoms with Crippen molar-refractivity contribution in [2.75, 3.05) is 13.1 Å². The number of carbonyl (C=O) groups excluding carboxylic acids is 1. The van der Waals surface area contributed by atoms with Crippen LogP contribution >= 0.6 is 0 Å². The fourth-order valence-corrected chi connectivity index (χ4v) is 6.47. The summed E-state index contributed by atoms with van der Waals surface area (Å²) >= 11 is 0. The Morgan fingerprint density at radius 2 is 1.73 bits per heavy atom. The maximum atomic E-state index is 13.5. The predicted molar refractivity (Wildman–Crippen MR) is 74.5 cm³/mol. The van der Waals surface area contributed by atoms with Crippen molar-refractivity contribution in [1.82, 2.24) is 9.80 Å². The second-order valence-electron chi connectivity index (χ2n) is 8.46. The maximum Gasteiger partial charge on any atom is 0.320 e. The average Bonchev–Trinajstić information content (AvgIpc) is 2.82. The van der Waals surface area contributed by atoms with Crippen molar-refractivity contribution >= 4 is 6.03 Å². The van der Waals surface area contributed by atoms with Gasteiger partial charge < -0.3 is 14.9 Å². The summed E-state index contributed by atoms with van der Waals surface area (Å²) in [5, 5.41) is 10.6. The number of aliphatic hydroxyl groups is 1. The Hall–Kier alpha value is -0.910. The monoisotopic (exact) mass is 312 g/mol.